The van der Waals surface area contributed by atoms with Crippen LogP contribution in [0.15, 0.2) is 29.3 Å². The molecule has 0 saturated heterocycles. The Hall–Kier alpha value is -2.77. The molecule has 29 heavy (non-hydrogen) atoms. The number of rotatable bonds is 7. The Morgan fingerprint density at radius 2 is 1.93 bits per heavy atom. The summed E-state index contributed by atoms with van der Waals surface area (Å²) < 4.78 is 5.21. The fraction of sp³-hybridized carbons (Fsp3) is 0.571. The Bertz CT molecular complexity index is 727. The molecular formula is C21H33N5O3. The van der Waals surface area contributed by atoms with Crippen molar-refractivity contribution in [1.82, 2.24) is 16.0 Å². The Labute approximate surface area is 172 Å². The number of amides is 2. The number of fused-ring (bicyclic) bond motifs is 1. The van der Waals surface area contributed by atoms with Gasteiger partial charge in [-0.05, 0) is 45.7 Å². The monoisotopic (exact) mass is 403 g/mol. The summed E-state index contributed by atoms with van der Waals surface area (Å²) in [4.78, 5) is 28.3. The summed E-state index contributed by atoms with van der Waals surface area (Å²) >= 11 is 0. The van der Waals surface area contributed by atoms with Crippen molar-refractivity contribution < 1.29 is 14.3 Å². The highest BCUT2D eigenvalue weighted by Gasteiger charge is 2.24. The highest BCUT2D eigenvalue weighted by Crippen LogP contribution is 2.31. The summed E-state index contributed by atoms with van der Waals surface area (Å²) in [5.41, 5.74) is 1.49. The van der Waals surface area contributed by atoms with Crippen molar-refractivity contribution in [2.75, 3.05) is 31.5 Å². The van der Waals surface area contributed by atoms with Crippen molar-refractivity contribution in [1.29, 1.82) is 0 Å². The van der Waals surface area contributed by atoms with E-state index < -0.39 is 11.7 Å². The van der Waals surface area contributed by atoms with Crippen molar-refractivity contribution >= 4 is 23.6 Å². The molecule has 1 aliphatic heterocycles. The first-order valence-electron chi connectivity index (χ1n) is 10.2. The van der Waals surface area contributed by atoms with Gasteiger partial charge in [-0.3, -0.25) is 9.79 Å². The van der Waals surface area contributed by atoms with Crippen molar-refractivity contribution in [3.63, 3.8) is 0 Å². The zero-order valence-electron chi connectivity index (χ0n) is 17.8. The van der Waals surface area contributed by atoms with E-state index in [-0.39, 0.29) is 11.8 Å². The van der Waals surface area contributed by atoms with E-state index in [1.807, 2.05) is 52.0 Å². The van der Waals surface area contributed by atoms with Crippen LogP contribution in [0.25, 0.3) is 0 Å². The van der Waals surface area contributed by atoms with Crippen molar-refractivity contribution in [3.05, 3.63) is 29.8 Å². The van der Waals surface area contributed by atoms with Gasteiger partial charge in [-0.25, -0.2) is 4.79 Å². The minimum atomic E-state index is -0.498. The van der Waals surface area contributed by atoms with E-state index in [1.54, 1.807) is 0 Å². The van der Waals surface area contributed by atoms with Gasteiger partial charge in [-0.1, -0.05) is 18.2 Å². The van der Waals surface area contributed by atoms with Crippen LogP contribution in [0.1, 0.15) is 52.0 Å². The first-order chi connectivity index (χ1) is 13.8. The third-order valence-electron chi connectivity index (χ3n) is 4.23. The normalized spacial score (nSPS) is 16.5. The average molecular weight is 404 g/mol. The van der Waals surface area contributed by atoms with E-state index in [9.17, 15) is 9.59 Å². The Morgan fingerprint density at radius 1 is 1.21 bits per heavy atom. The maximum Gasteiger partial charge on any atom is 0.407 e. The lowest BCUT2D eigenvalue weighted by Gasteiger charge is -2.24. The zero-order chi connectivity index (χ0) is 21.3. The molecule has 1 unspecified atom stereocenters. The smallest absolute Gasteiger partial charge is 0.407 e. The SMILES string of the molecule is CCNC(=NCC1CC(=O)Nc2ccccc21)NCCCNC(=O)OC(C)(C)C. The van der Waals surface area contributed by atoms with Crippen molar-refractivity contribution in [2.45, 2.75) is 52.1 Å². The maximum absolute atomic E-state index is 12.0. The van der Waals surface area contributed by atoms with Gasteiger partial charge in [-0.2, -0.15) is 0 Å². The average Bonchev–Trinajstić information content (AvgIpc) is 2.63. The van der Waals surface area contributed by atoms with Crippen LogP contribution in [0.5, 0.6) is 0 Å². The van der Waals surface area contributed by atoms with Gasteiger partial charge >= 0.3 is 6.09 Å². The minimum absolute atomic E-state index is 0.0232. The van der Waals surface area contributed by atoms with E-state index in [4.69, 9.17) is 4.74 Å². The first-order valence-corrected chi connectivity index (χ1v) is 10.2. The highest BCUT2D eigenvalue weighted by molar-refractivity contribution is 5.94. The van der Waals surface area contributed by atoms with Gasteiger partial charge in [0.1, 0.15) is 5.60 Å². The van der Waals surface area contributed by atoms with Crippen LogP contribution in [-0.2, 0) is 9.53 Å². The van der Waals surface area contributed by atoms with Gasteiger partial charge in [0.05, 0.1) is 6.54 Å². The molecule has 1 atom stereocenters. The van der Waals surface area contributed by atoms with E-state index in [0.717, 1.165) is 24.2 Å². The summed E-state index contributed by atoms with van der Waals surface area (Å²) in [7, 11) is 0. The summed E-state index contributed by atoms with van der Waals surface area (Å²) in [6, 6.07) is 7.86. The molecule has 2 rings (SSSR count). The number of hydrogen-bond acceptors (Lipinski definition) is 4. The first kappa shape index (κ1) is 22.5. The van der Waals surface area contributed by atoms with Gasteiger partial charge in [0.25, 0.3) is 0 Å². The zero-order valence-corrected chi connectivity index (χ0v) is 17.8. The number of para-hydroxylation sites is 1. The summed E-state index contributed by atoms with van der Waals surface area (Å²) in [6.07, 6.45) is 0.755. The number of alkyl carbamates (subject to hydrolysis) is 1. The number of carbonyl (C=O) groups is 2. The van der Waals surface area contributed by atoms with E-state index in [0.29, 0.717) is 32.0 Å². The maximum atomic E-state index is 12.0. The molecule has 1 aromatic carbocycles. The van der Waals surface area contributed by atoms with Crippen LogP contribution in [0, 0.1) is 0 Å². The third kappa shape index (κ3) is 8.01. The van der Waals surface area contributed by atoms with E-state index in [1.165, 1.54) is 0 Å². The molecule has 8 nitrogen and oxygen atoms in total. The van der Waals surface area contributed by atoms with E-state index in [2.05, 4.69) is 26.3 Å². The molecule has 1 aromatic rings. The van der Waals surface area contributed by atoms with Crippen LogP contribution < -0.4 is 21.3 Å². The molecule has 0 spiro atoms. The second kappa shape index (κ2) is 10.7. The quantitative estimate of drug-likeness (QED) is 0.318. The molecule has 0 bridgehead atoms. The number of nitrogens with one attached hydrogen (secondary N) is 4. The summed E-state index contributed by atoms with van der Waals surface area (Å²) in [5.74, 6) is 0.785. The van der Waals surface area contributed by atoms with Gasteiger partial charge in [-0.15, -0.1) is 0 Å². The topological polar surface area (TPSA) is 104 Å². The van der Waals surface area contributed by atoms with Gasteiger partial charge in [0.2, 0.25) is 5.91 Å². The van der Waals surface area contributed by atoms with Crippen LogP contribution in [-0.4, -0.2) is 49.7 Å². The number of aliphatic imine (C=N–C) groups is 1. The lowest BCUT2D eigenvalue weighted by molar-refractivity contribution is -0.116. The molecule has 0 saturated carbocycles. The fourth-order valence-corrected chi connectivity index (χ4v) is 3.01. The number of hydrogen-bond donors (Lipinski definition) is 4. The number of anilines is 1. The summed E-state index contributed by atoms with van der Waals surface area (Å²) in [6.45, 7) is 9.94. The molecule has 0 radical (unpaired) electrons. The molecule has 0 fully saturated rings. The van der Waals surface area contributed by atoms with Crippen LogP contribution in [0.3, 0.4) is 0 Å². The Balaban J connectivity index is 1.81. The van der Waals surface area contributed by atoms with Crippen molar-refractivity contribution in [2.24, 2.45) is 4.99 Å². The molecule has 4 N–H and O–H groups in total. The third-order valence-corrected chi connectivity index (χ3v) is 4.23. The van der Waals surface area contributed by atoms with Gasteiger partial charge in [0.15, 0.2) is 5.96 Å². The number of ether oxygens (including phenoxy) is 1. The standard InChI is InChI=1S/C21H33N5O3/c1-5-22-19(23-11-8-12-24-20(28)29-21(2,3)4)25-14-15-13-18(27)26-17-10-7-6-9-16(15)17/h6-7,9-10,15H,5,8,11-14H2,1-4H3,(H,24,28)(H,26,27)(H2,22,23,25). The predicted molar refractivity (Wildman–Crippen MR) is 115 cm³/mol. The fourth-order valence-electron chi connectivity index (χ4n) is 3.01. The largest absolute Gasteiger partial charge is 0.444 e. The van der Waals surface area contributed by atoms with Crippen molar-refractivity contribution in [3.8, 4) is 0 Å². The lowest BCUT2D eigenvalue weighted by atomic mass is 9.91. The number of carbonyl (C=O) groups excluding carboxylic acids is 2. The van der Waals surface area contributed by atoms with Crippen LogP contribution in [0.2, 0.25) is 0 Å². The number of benzene rings is 1. The highest BCUT2D eigenvalue weighted by atomic mass is 16.6. The molecular weight excluding hydrogens is 370 g/mol. The second-order valence-corrected chi connectivity index (χ2v) is 7.97. The number of guanidine groups is 1. The predicted octanol–water partition coefficient (Wildman–Crippen LogP) is 2.58. The molecule has 0 aromatic heterocycles. The molecule has 1 aliphatic rings. The molecule has 160 valence electrons. The van der Waals surface area contributed by atoms with Crippen LogP contribution in [0.4, 0.5) is 10.5 Å². The molecule has 1 heterocycles. The Morgan fingerprint density at radius 3 is 2.66 bits per heavy atom. The van der Waals surface area contributed by atoms with E-state index >= 15 is 0 Å². The second-order valence-electron chi connectivity index (χ2n) is 7.97. The molecule has 2 amide bonds. The Kier molecular flexibility index (Phi) is 8.30. The minimum Gasteiger partial charge on any atom is -0.444 e. The lowest BCUT2D eigenvalue weighted by Crippen LogP contribution is -2.39. The molecule has 8 heteroatoms. The van der Waals surface area contributed by atoms with Gasteiger partial charge in [0, 0.05) is 37.7 Å². The van der Waals surface area contributed by atoms with Crippen LogP contribution >= 0.6 is 0 Å². The summed E-state index contributed by atoms with van der Waals surface area (Å²) in [5, 5.41) is 12.1. The number of nitrogens with zero attached hydrogens (tertiary/aromatic N) is 1. The molecule has 0 aliphatic carbocycles. The van der Waals surface area contributed by atoms with Gasteiger partial charge < -0.3 is 26.0 Å².